The first kappa shape index (κ1) is 77.0. The van der Waals surface area contributed by atoms with Crippen LogP contribution in [0.5, 0.6) is 5.75 Å². The zero-order valence-electron chi connectivity index (χ0n) is 50.2. The van der Waals surface area contributed by atoms with Gasteiger partial charge in [-0.25, -0.2) is 4.79 Å². The van der Waals surface area contributed by atoms with Gasteiger partial charge in [0.25, 0.3) is 0 Å². The van der Waals surface area contributed by atoms with Gasteiger partial charge in [0, 0.05) is 19.3 Å². The normalized spacial score (nSPS) is 14.5. The number of phenolic OH excluding ortho intramolecular Hbond substituents is 1. The predicted octanol–water partition coefficient (Wildman–Crippen LogP) is -4.67. The monoisotopic (exact) mass is 1250 g/mol. The van der Waals surface area contributed by atoms with E-state index in [2.05, 4.69) is 47.9 Å². The average molecular weight is 1250 g/mol. The van der Waals surface area contributed by atoms with E-state index in [0.717, 1.165) is 0 Å². The van der Waals surface area contributed by atoms with Crippen LogP contribution in [0.15, 0.2) is 24.3 Å². The predicted molar refractivity (Wildman–Crippen MR) is 311 cm³/mol. The van der Waals surface area contributed by atoms with Gasteiger partial charge in [0.1, 0.15) is 60.1 Å². The topological polar surface area (TPSA) is 575 Å². The van der Waals surface area contributed by atoms with Gasteiger partial charge in [0.2, 0.25) is 70.9 Å². The molecule has 12 amide bonds. The van der Waals surface area contributed by atoms with Crippen LogP contribution in [0, 0.1) is 17.8 Å². The first-order chi connectivity index (χ1) is 41.0. The van der Waals surface area contributed by atoms with Gasteiger partial charge >= 0.3 is 17.9 Å². The lowest BCUT2D eigenvalue weighted by molar-refractivity contribution is -0.143. The number of nitrogens with one attached hydrogen (secondary N) is 9. The fourth-order valence-electron chi connectivity index (χ4n) is 8.60. The van der Waals surface area contributed by atoms with Crippen LogP contribution in [-0.2, 0) is 78.3 Å². The number of primary amides is 3. The third kappa shape index (κ3) is 30.9. The Morgan fingerprint density at radius 1 is 0.398 bits per heavy atom. The van der Waals surface area contributed by atoms with Gasteiger partial charge in [0.05, 0.1) is 25.3 Å². The Labute approximate surface area is 508 Å². The quantitative estimate of drug-likeness (QED) is 0.0273. The number of carbonyl (C=O) groups excluding carboxylic acids is 12. The highest BCUT2D eigenvalue weighted by Crippen LogP contribution is 2.16. The van der Waals surface area contributed by atoms with Crippen molar-refractivity contribution in [2.45, 2.75) is 192 Å². The summed E-state index contributed by atoms with van der Waals surface area (Å²) in [6.45, 7) is 10.3. The molecule has 10 atom stereocenters. The first-order valence-electron chi connectivity index (χ1n) is 28.5. The van der Waals surface area contributed by atoms with Gasteiger partial charge in [-0.15, -0.1) is 0 Å². The molecule has 23 N–H and O–H groups in total. The summed E-state index contributed by atoms with van der Waals surface area (Å²) in [6.07, 6.45) is -5.27. The highest BCUT2D eigenvalue weighted by molar-refractivity contribution is 6.00. The summed E-state index contributed by atoms with van der Waals surface area (Å²) in [5.74, 6) is -18.7. The highest BCUT2D eigenvalue weighted by atomic mass is 16.4. The van der Waals surface area contributed by atoms with Crippen molar-refractivity contribution in [2.24, 2.45) is 46.4 Å². The van der Waals surface area contributed by atoms with Crippen LogP contribution in [0.3, 0.4) is 0 Å². The molecular weight excluding hydrogens is 1160 g/mol. The Balaban J connectivity index is 3.72. The molecule has 0 aliphatic carbocycles. The third-order valence-corrected chi connectivity index (χ3v) is 13.0. The lowest BCUT2D eigenvalue weighted by Gasteiger charge is -2.28. The second-order valence-electron chi connectivity index (χ2n) is 22.4. The van der Waals surface area contributed by atoms with Gasteiger partial charge in [-0.3, -0.25) is 67.1 Å². The van der Waals surface area contributed by atoms with Crippen LogP contribution < -0.4 is 76.5 Å². The molecule has 0 saturated carbocycles. The number of benzene rings is 1. The lowest BCUT2D eigenvalue weighted by atomic mass is 9.99. The molecule has 0 saturated heterocycles. The molecule has 1 rings (SSSR count). The molecule has 492 valence electrons. The molecule has 0 aliphatic rings. The Bertz CT molecular complexity index is 2620. The molecule has 0 aromatic heterocycles. The zero-order valence-corrected chi connectivity index (χ0v) is 50.2. The summed E-state index contributed by atoms with van der Waals surface area (Å²) in [7, 11) is 0. The molecule has 0 bridgehead atoms. The largest absolute Gasteiger partial charge is 0.508 e. The number of carboxylic acids is 3. The van der Waals surface area contributed by atoms with Crippen LogP contribution in [0.2, 0.25) is 0 Å². The number of aliphatic carboxylic acids is 3. The molecule has 0 heterocycles. The number of rotatable bonds is 43. The second kappa shape index (κ2) is 38.9. The lowest BCUT2D eigenvalue weighted by Crippen LogP contribution is -2.61. The maximum Gasteiger partial charge on any atom is 0.326 e. The first-order valence-corrected chi connectivity index (χ1v) is 28.5. The van der Waals surface area contributed by atoms with E-state index in [1.54, 1.807) is 41.5 Å². The highest BCUT2D eigenvalue weighted by Gasteiger charge is 2.37. The second-order valence-corrected chi connectivity index (χ2v) is 22.4. The number of carbonyl (C=O) groups is 15. The van der Waals surface area contributed by atoms with Gasteiger partial charge in [-0.2, -0.15) is 0 Å². The van der Waals surface area contributed by atoms with Gasteiger partial charge in [-0.05, 0) is 93.4 Å². The smallest absolute Gasteiger partial charge is 0.326 e. The summed E-state index contributed by atoms with van der Waals surface area (Å²) in [6, 6.07) is -11.3. The van der Waals surface area contributed by atoms with E-state index in [1.807, 2.05) is 0 Å². The number of aromatic hydroxyl groups is 1. The molecule has 0 radical (unpaired) electrons. The molecule has 1 aromatic rings. The Hall–Kier alpha value is -9.01. The summed E-state index contributed by atoms with van der Waals surface area (Å²) < 4.78 is 0. The van der Waals surface area contributed by atoms with Crippen molar-refractivity contribution in [1.82, 2.24) is 47.9 Å². The fraction of sp³-hybridized carbons (Fsp3) is 0.618. The van der Waals surface area contributed by atoms with Crippen LogP contribution >= 0.6 is 0 Å². The average Bonchev–Trinajstić information content (AvgIpc) is 1.60. The van der Waals surface area contributed by atoms with Gasteiger partial charge in [-0.1, -0.05) is 53.7 Å². The fourth-order valence-corrected chi connectivity index (χ4v) is 8.60. The molecule has 33 nitrogen and oxygen atoms in total. The van der Waals surface area contributed by atoms with Gasteiger partial charge < -0.3 is 96.9 Å². The van der Waals surface area contributed by atoms with Crippen molar-refractivity contribution >= 4 is 88.8 Å². The van der Waals surface area contributed by atoms with Crippen LogP contribution in [0.25, 0.3) is 0 Å². The van der Waals surface area contributed by atoms with Crippen LogP contribution in [-0.4, -0.2) is 176 Å². The number of carboxylic acid groups (broad SMARTS) is 3. The molecule has 0 fully saturated rings. The molecule has 0 spiro atoms. The molecule has 88 heavy (non-hydrogen) atoms. The minimum absolute atomic E-state index is 0.0127. The Morgan fingerprint density at radius 2 is 0.705 bits per heavy atom. The van der Waals surface area contributed by atoms with Crippen LogP contribution in [0.1, 0.15) is 131 Å². The van der Waals surface area contributed by atoms with E-state index in [0.29, 0.717) is 12.8 Å². The molecule has 33 heteroatoms. The SMILES string of the molecule is CC(C)C[C@H](NC(=O)[C@H](CCC(=O)O)NC(=O)[C@H](CC(C)C)NC(=O)[C@H](Cc1ccc(O)cc1)NC(=O)[C@H](CCC(=O)O)NC(=O)[C@H](CC(N)=O)NC(=O)[C@H](CC(N)=O)NC(=O)[C@H](CC(C)C)NC(=O)[C@H](CCCCN)NC(=O)[C@@H](N)CC(N)=O)C(=O)O. The van der Waals surface area contributed by atoms with Crippen molar-refractivity contribution in [1.29, 1.82) is 0 Å². The third-order valence-electron chi connectivity index (χ3n) is 13.0. The molecule has 0 unspecified atom stereocenters. The van der Waals surface area contributed by atoms with Crippen LogP contribution in [0.4, 0.5) is 0 Å². The van der Waals surface area contributed by atoms with E-state index in [9.17, 15) is 92.3 Å². The van der Waals surface area contributed by atoms with E-state index >= 15 is 0 Å². The minimum Gasteiger partial charge on any atom is -0.508 e. The minimum atomic E-state index is -2.06. The number of phenols is 1. The summed E-state index contributed by atoms with van der Waals surface area (Å²) in [4.78, 5) is 197. The van der Waals surface area contributed by atoms with Crippen molar-refractivity contribution < 1.29 is 92.3 Å². The zero-order chi connectivity index (χ0) is 67.1. The number of amides is 12. The van der Waals surface area contributed by atoms with E-state index < -0.39 is 201 Å². The molecule has 0 aliphatic heterocycles. The van der Waals surface area contributed by atoms with Crippen molar-refractivity contribution in [2.75, 3.05) is 6.54 Å². The van der Waals surface area contributed by atoms with Crippen molar-refractivity contribution in [3.05, 3.63) is 29.8 Å². The summed E-state index contributed by atoms with van der Waals surface area (Å²) >= 11 is 0. The number of hydrogen-bond acceptors (Lipinski definition) is 18. The van der Waals surface area contributed by atoms with Crippen molar-refractivity contribution in [3.8, 4) is 5.75 Å². The molecule has 1 aromatic carbocycles. The maximum atomic E-state index is 14.4. The Morgan fingerprint density at radius 3 is 1.07 bits per heavy atom. The number of hydrogen-bond donors (Lipinski definition) is 18. The summed E-state index contributed by atoms with van der Waals surface area (Å²) in [5, 5.41) is 60.1. The van der Waals surface area contributed by atoms with E-state index in [-0.39, 0.29) is 61.3 Å². The van der Waals surface area contributed by atoms with E-state index in [1.165, 1.54) is 24.3 Å². The standard InChI is InChI=1S/C55H88N14O19/c1-26(2)19-35(50(82)62-34(15-17-45(76)77)49(81)69-40(55(87)88)21-28(5)6)65-52(84)37(22-29-10-12-30(70)13-11-29)66-48(80)33(14-16-44(74)75)63-53(85)38(24-42(59)72)68-54(86)39(25-43(60)73)67-51(83)36(20-27(3)4)64-47(79)32(9-7-8-18-56)61-46(78)31(57)23-41(58)71/h10-13,26-28,31-40,70H,7-9,14-25,56-57H2,1-6H3,(H2,58,71)(H2,59,72)(H2,60,73)(H,61,78)(H,62,82)(H,63,85)(H,64,79)(H,65,84)(H,66,80)(H,67,83)(H,68,86)(H,69,81)(H,74,75)(H,76,77)(H,87,88)/t31-,32-,33-,34-,35-,36-,37-,38-,39-,40-/m0/s1. The maximum absolute atomic E-state index is 14.4. The van der Waals surface area contributed by atoms with Gasteiger partial charge in [0.15, 0.2) is 0 Å². The van der Waals surface area contributed by atoms with E-state index in [4.69, 9.17) is 28.7 Å². The number of unbranched alkanes of at least 4 members (excludes halogenated alkanes) is 1. The number of nitrogens with two attached hydrogens (primary N) is 5. The molecular formula is C55H88N14O19. The summed E-state index contributed by atoms with van der Waals surface area (Å²) in [5.41, 5.74) is 27.8. The Kier molecular flexibility index (Phi) is 34.1. The van der Waals surface area contributed by atoms with Crippen molar-refractivity contribution in [3.63, 3.8) is 0 Å².